The Morgan fingerprint density at radius 3 is 2.67 bits per heavy atom. The number of nitrogens with one attached hydrogen (secondary N) is 1. The molecule has 0 radical (unpaired) electrons. The second-order valence-corrected chi connectivity index (χ2v) is 3.40. The van der Waals surface area contributed by atoms with Crippen molar-refractivity contribution in [2.24, 2.45) is 0 Å². The lowest BCUT2D eigenvalue weighted by atomic mass is 10.1. The highest BCUT2D eigenvalue weighted by Crippen LogP contribution is 2.27. The fourth-order valence-electron chi connectivity index (χ4n) is 1.64. The maximum Gasteiger partial charge on any atom is 0.327 e. The van der Waals surface area contributed by atoms with Gasteiger partial charge in [0.05, 0.1) is 6.61 Å². The van der Waals surface area contributed by atoms with Crippen molar-refractivity contribution in [3.8, 4) is 0 Å². The second kappa shape index (κ2) is 3.78. The van der Waals surface area contributed by atoms with Gasteiger partial charge in [0.15, 0.2) is 6.23 Å². The number of aliphatic hydroxyl groups is 3. The van der Waals surface area contributed by atoms with E-state index in [1.807, 2.05) is 0 Å². The van der Waals surface area contributed by atoms with Crippen LogP contribution in [0.3, 0.4) is 0 Å². The fourth-order valence-corrected chi connectivity index (χ4v) is 1.64. The smallest absolute Gasteiger partial charge is 0.327 e. The van der Waals surface area contributed by atoms with Gasteiger partial charge in [-0.25, -0.2) is 4.79 Å². The van der Waals surface area contributed by atoms with E-state index >= 15 is 0 Å². The Morgan fingerprint density at radius 1 is 1.47 bits per heavy atom. The number of ether oxygens (including phenoxy) is 1. The molecule has 2 heterocycles. The summed E-state index contributed by atoms with van der Waals surface area (Å²) in [5, 5.41) is 27.9. The number of aromatic amines is 1. The van der Waals surface area contributed by atoms with Crippen molar-refractivity contribution in [1.82, 2.24) is 9.55 Å². The molecule has 1 aromatic rings. The van der Waals surface area contributed by atoms with Crippen LogP contribution in [0.4, 0.5) is 0 Å². The van der Waals surface area contributed by atoms with E-state index in [-0.39, 0.29) is 0 Å². The Bertz CT molecular complexity index is 386. The Kier molecular flexibility index (Phi) is 2.61. The van der Waals surface area contributed by atoms with Gasteiger partial charge in [0.25, 0.3) is 0 Å². The number of H-pyrrole nitrogens is 1. The first kappa shape index (κ1) is 10.4. The van der Waals surface area contributed by atoms with E-state index in [0.29, 0.717) is 0 Å². The molecule has 2 rings (SSSR count). The molecule has 4 N–H and O–H groups in total. The summed E-state index contributed by atoms with van der Waals surface area (Å²) < 4.78 is 6.28. The molecule has 15 heavy (non-hydrogen) atoms. The van der Waals surface area contributed by atoms with Crippen LogP contribution in [-0.4, -0.2) is 49.8 Å². The molecule has 0 saturated carbocycles. The van der Waals surface area contributed by atoms with E-state index in [1.165, 1.54) is 12.4 Å². The first-order valence-electron chi connectivity index (χ1n) is 4.53. The summed E-state index contributed by atoms with van der Waals surface area (Å²) in [5.74, 6) is 0. The van der Waals surface area contributed by atoms with Gasteiger partial charge in [0, 0.05) is 12.4 Å². The zero-order chi connectivity index (χ0) is 11.0. The van der Waals surface area contributed by atoms with Gasteiger partial charge in [-0.1, -0.05) is 0 Å². The van der Waals surface area contributed by atoms with E-state index < -0.39 is 36.8 Å². The Morgan fingerprint density at radius 2 is 2.20 bits per heavy atom. The molecule has 0 aliphatic carbocycles. The highest BCUT2D eigenvalue weighted by molar-refractivity contribution is 4.91. The number of imidazole rings is 1. The fraction of sp³-hybridized carbons (Fsp3) is 0.625. The van der Waals surface area contributed by atoms with Gasteiger partial charge in [-0.05, 0) is 0 Å². The summed E-state index contributed by atoms with van der Waals surface area (Å²) in [7, 11) is 0. The zero-order valence-corrected chi connectivity index (χ0v) is 7.78. The maximum absolute atomic E-state index is 11.2. The standard InChI is InChI=1S/C8H12N2O5/c11-3-4-5(12)6(13)7(15-4)10-2-1-9-8(10)14/h1-2,4-7,11-13H,3H2,(H,9,14)/t4-,5-,6-,7?/m1/s1. The van der Waals surface area contributed by atoms with Crippen LogP contribution in [0.15, 0.2) is 17.2 Å². The summed E-state index contributed by atoms with van der Waals surface area (Å²) in [6.07, 6.45) is -1.44. The van der Waals surface area contributed by atoms with Crippen LogP contribution in [0.5, 0.6) is 0 Å². The van der Waals surface area contributed by atoms with Gasteiger partial charge in [0.1, 0.15) is 18.3 Å². The predicted octanol–water partition coefficient (Wildman–Crippen LogP) is -2.21. The van der Waals surface area contributed by atoms with Crippen molar-refractivity contribution in [3.63, 3.8) is 0 Å². The van der Waals surface area contributed by atoms with Crippen molar-refractivity contribution < 1.29 is 20.1 Å². The van der Waals surface area contributed by atoms with Gasteiger partial charge in [0.2, 0.25) is 0 Å². The van der Waals surface area contributed by atoms with Crippen LogP contribution in [0, 0.1) is 0 Å². The third-order valence-corrected chi connectivity index (χ3v) is 2.47. The number of aromatic nitrogens is 2. The molecule has 1 aliphatic rings. The first-order valence-corrected chi connectivity index (χ1v) is 4.53. The highest BCUT2D eigenvalue weighted by Gasteiger charge is 2.43. The Hall–Kier alpha value is -1.15. The van der Waals surface area contributed by atoms with Crippen molar-refractivity contribution in [2.75, 3.05) is 6.61 Å². The average Bonchev–Trinajstić information content (AvgIpc) is 2.74. The van der Waals surface area contributed by atoms with E-state index in [0.717, 1.165) is 4.57 Å². The topological polar surface area (TPSA) is 108 Å². The summed E-state index contributed by atoms with van der Waals surface area (Å²) in [5.41, 5.74) is -0.440. The quantitative estimate of drug-likeness (QED) is 0.448. The molecule has 0 bridgehead atoms. The molecule has 84 valence electrons. The highest BCUT2D eigenvalue weighted by atomic mass is 16.6. The number of nitrogens with zero attached hydrogens (tertiary/aromatic N) is 1. The molecule has 7 heteroatoms. The monoisotopic (exact) mass is 216 g/mol. The van der Waals surface area contributed by atoms with Gasteiger partial charge in [-0.2, -0.15) is 0 Å². The van der Waals surface area contributed by atoms with Gasteiger partial charge in [-0.15, -0.1) is 0 Å². The van der Waals surface area contributed by atoms with Crippen molar-refractivity contribution in [3.05, 3.63) is 22.9 Å². The van der Waals surface area contributed by atoms with Crippen molar-refractivity contribution >= 4 is 0 Å². The lowest BCUT2D eigenvalue weighted by molar-refractivity contribution is -0.0542. The molecule has 0 amide bonds. The zero-order valence-electron chi connectivity index (χ0n) is 7.78. The molecular formula is C8H12N2O5. The lowest BCUT2D eigenvalue weighted by Gasteiger charge is -2.14. The van der Waals surface area contributed by atoms with Crippen LogP contribution >= 0.6 is 0 Å². The molecule has 1 aliphatic heterocycles. The van der Waals surface area contributed by atoms with Crippen molar-refractivity contribution in [2.45, 2.75) is 24.5 Å². The van der Waals surface area contributed by atoms with E-state index in [4.69, 9.17) is 9.84 Å². The predicted molar refractivity (Wildman–Crippen MR) is 48.1 cm³/mol. The minimum atomic E-state index is -1.23. The molecule has 1 unspecified atom stereocenters. The normalized spacial score (nSPS) is 35.9. The third-order valence-electron chi connectivity index (χ3n) is 2.47. The summed E-state index contributed by atoms with van der Waals surface area (Å²) in [4.78, 5) is 13.6. The lowest BCUT2D eigenvalue weighted by Crippen LogP contribution is -2.34. The Balaban J connectivity index is 2.26. The summed E-state index contributed by atoms with van der Waals surface area (Å²) in [6, 6.07) is 0. The summed E-state index contributed by atoms with van der Waals surface area (Å²) in [6.45, 7) is -0.409. The molecule has 0 spiro atoms. The van der Waals surface area contributed by atoms with Gasteiger partial charge in [-0.3, -0.25) is 4.57 Å². The number of rotatable bonds is 2. The minimum absolute atomic E-state index is 0.409. The van der Waals surface area contributed by atoms with E-state index in [1.54, 1.807) is 0 Å². The van der Waals surface area contributed by atoms with Crippen LogP contribution in [0.1, 0.15) is 6.23 Å². The van der Waals surface area contributed by atoms with Crippen molar-refractivity contribution in [1.29, 1.82) is 0 Å². The average molecular weight is 216 g/mol. The molecule has 1 aromatic heterocycles. The molecule has 1 fully saturated rings. The first-order chi connectivity index (χ1) is 7.15. The molecule has 1 saturated heterocycles. The Labute approximate surface area is 84.5 Å². The SMILES string of the molecule is O=c1[nH]ccn1C1O[C@H](CO)[C@@H](O)[C@H]1O. The number of aliphatic hydroxyl groups excluding tert-OH is 3. The molecule has 0 aromatic carbocycles. The van der Waals surface area contributed by atoms with Gasteiger partial charge < -0.3 is 25.0 Å². The maximum atomic E-state index is 11.2. The molecular weight excluding hydrogens is 204 g/mol. The van der Waals surface area contributed by atoms with E-state index in [9.17, 15) is 15.0 Å². The summed E-state index contributed by atoms with van der Waals surface area (Å²) >= 11 is 0. The number of hydrogen-bond acceptors (Lipinski definition) is 5. The molecule has 7 nitrogen and oxygen atoms in total. The molecule has 4 atom stereocenters. The second-order valence-electron chi connectivity index (χ2n) is 3.40. The largest absolute Gasteiger partial charge is 0.394 e. The van der Waals surface area contributed by atoms with Crippen LogP contribution < -0.4 is 5.69 Å². The van der Waals surface area contributed by atoms with Crippen LogP contribution in [0.25, 0.3) is 0 Å². The van der Waals surface area contributed by atoms with Gasteiger partial charge >= 0.3 is 5.69 Å². The van der Waals surface area contributed by atoms with E-state index in [2.05, 4.69) is 4.98 Å². The number of hydrogen-bond donors (Lipinski definition) is 4. The van der Waals surface area contributed by atoms with Crippen LogP contribution in [0.2, 0.25) is 0 Å². The third kappa shape index (κ3) is 1.59. The van der Waals surface area contributed by atoms with Crippen LogP contribution in [-0.2, 0) is 4.74 Å². The minimum Gasteiger partial charge on any atom is -0.394 e.